The summed E-state index contributed by atoms with van der Waals surface area (Å²) in [4.78, 5) is 2.40. The van der Waals surface area contributed by atoms with Gasteiger partial charge in [-0.05, 0) is 122 Å². The topological polar surface area (TPSA) is 3.24 Å². The Labute approximate surface area is 289 Å². The number of para-hydroxylation sites is 1. The van der Waals surface area contributed by atoms with E-state index >= 15 is 0 Å². The van der Waals surface area contributed by atoms with Gasteiger partial charge in [0.15, 0.2) is 0 Å². The van der Waals surface area contributed by atoms with E-state index in [1.165, 1.54) is 72.4 Å². The van der Waals surface area contributed by atoms with E-state index in [1.807, 2.05) is 0 Å². The zero-order valence-corrected chi connectivity index (χ0v) is 27.9. The number of rotatable bonds is 4. The maximum absolute atomic E-state index is 2.49. The van der Waals surface area contributed by atoms with Crippen LogP contribution in [0.2, 0.25) is 0 Å². The molecule has 0 aromatic heterocycles. The van der Waals surface area contributed by atoms with Gasteiger partial charge in [0, 0.05) is 27.9 Å². The van der Waals surface area contributed by atoms with Crippen molar-refractivity contribution >= 4 is 17.1 Å². The maximum Gasteiger partial charge on any atom is 0.0465 e. The molecule has 0 heterocycles. The van der Waals surface area contributed by atoms with Gasteiger partial charge in [-0.3, -0.25) is 0 Å². The molecule has 0 saturated heterocycles. The van der Waals surface area contributed by atoms with Gasteiger partial charge in [0.2, 0.25) is 0 Å². The highest BCUT2D eigenvalue weighted by atomic mass is 15.1. The van der Waals surface area contributed by atoms with Crippen molar-refractivity contribution in [2.75, 3.05) is 4.90 Å². The number of anilines is 3. The van der Waals surface area contributed by atoms with Crippen molar-refractivity contribution in [1.29, 1.82) is 0 Å². The summed E-state index contributed by atoms with van der Waals surface area (Å²) in [6.07, 6.45) is 2.12. The average Bonchev–Trinajstić information content (AvgIpc) is 3.75. The first-order valence-corrected chi connectivity index (χ1v) is 17.5. The molecule has 234 valence electrons. The van der Waals surface area contributed by atoms with E-state index in [-0.39, 0.29) is 10.8 Å². The van der Waals surface area contributed by atoms with Gasteiger partial charge in [-0.2, -0.15) is 0 Å². The molecule has 0 amide bonds. The number of hydrogen-bond acceptors (Lipinski definition) is 1. The second-order valence-corrected chi connectivity index (χ2v) is 14.6. The summed E-state index contributed by atoms with van der Waals surface area (Å²) in [7, 11) is 0. The molecule has 0 unspecified atom stereocenters. The number of fused-ring (bicyclic) bond motifs is 9. The van der Waals surface area contributed by atoms with Gasteiger partial charge in [-0.1, -0.05) is 135 Å². The lowest BCUT2D eigenvalue weighted by Gasteiger charge is -2.28. The normalized spacial score (nSPS) is 15.3. The molecule has 0 saturated carbocycles. The Morgan fingerprint density at radius 1 is 0.388 bits per heavy atom. The fourth-order valence-electron chi connectivity index (χ4n) is 9.29. The van der Waals surface area contributed by atoms with Crippen molar-refractivity contribution < 1.29 is 0 Å². The van der Waals surface area contributed by atoms with E-state index in [2.05, 4.69) is 183 Å². The minimum atomic E-state index is -0.0561. The molecule has 3 aliphatic rings. The van der Waals surface area contributed by atoms with Gasteiger partial charge in [0.1, 0.15) is 0 Å². The molecular weight excluding hydrogens is 591 g/mol. The molecule has 1 spiro atoms. The molecule has 0 N–H and O–H groups in total. The number of hydrogen-bond donors (Lipinski definition) is 0. The van der Waals surface area contributed by atoms with Crippen LogP contribution in [0.5, 0.6) is 0 Å². The first kappa shape index (κ1) is 28.4. The first-order valence-electron chi connectivity index (χ1n) is 17.5. The predicted molar refractivity (Wildman–Crippen MR) is 204 cm³/mol. The fraction of sp³-hybridized carbons (Fsp3) is 0.125. The largest absolute Gasteiger partial charge is 0.310 e. The van der Waals surface area contributed by atoms with Crippen LogP contribution in [0.25, 0.3) is 33.4 Å². The standard InChI is InChI=1S/C48H37N/c1-47(2)43-18-10-8-16-39(43)41-27-25-38(29-45(41)47)49(36-14-4-3-5-15-36)37-23-20-32(21-24-37)33-22-26-42-40-17-9-11-19-44(40)48(46(42)28-33)30-34-12-6-7-13-35(34)31-48/h3-29H,30-31H2,1-2H3. The van der Waals surface area contributed by atoms with Gasteiger partial charge >= 0.3 is 0 Å². The number of benzene rings is 7. The summed E-state index contributed by atoms with van der Waals surface area (Å²) in [5.74, 6) is 0. The van der Waals surface area contributed by atoms with Crippen LogP contribution in [0.1, 0.15) is 47.2 Å². The van der Waals surface area contributed by atoms with E-state index < -0.39 is 0 Å². The molecule has 1 nitrogen and oxygen atoms in total. The fourth-order valence-corrected chi connectivity index (χ4v) is 9.29. The zero-order valence-electron chi connectivity index (χ0n) is 27.9. The van der Waals surface area contributed by atoms with Crippen LogP contribution in [-0.4, -0.2) is 0 Å². The SMILES string of the molecule is CC1(C)c2ccccc2-c2ccc(N(c3ccccc3)c3ccc(-c4ccc5c(c4)C4(Cc6ccccc6C4)c4ccccc4-5)cc3)cc21. The van der Waals surface area contributed by atoms with Gasteiger partial charge in [0.25, 0.3) is 0 Å². The third kappa shape index (κ3) is 4.12. The summed E-state index contributed by atoms with van der Waals surface area (Å²) in [5, 5.41) is 0. The summed E-state index contributed by atoms with van der Waals surface area (Å²) < 4.78 is 0. The minimum absolute atomic E-state index is 0.00330. The number of nitrogens with zero attached hydrogens (tertiary/aromatic N) is 1. The van der Waals surface area contributed by atoms with E-state index in [1.54, 1.807) is 0 Å². The van der Waals surface area contributed by atoms with Gasteiger partial charge < -0.3 is 4.90 Å². The van der Waals surface area contributed by atoms with Crippen LogP contribution in [0.15, 0.2) is 164 Å². The zero-order chi connectivity index (χ0) is 32.7. The third-order valence-electron chi connectivity index (χ3n) is 11.7. The van der Waals surface area contributed by atoms with Crippen LogP contribution in [0.4, 0.5) is 17.1 Å². The Morgan fingerprint density at radius 3 is 1.63 bits per heavy atom. The van der Waals surface area contributed by atoms with E-state index in [0.717, 1.165) is 24.2 Å². The molecule has 10 rings (SSSR count). The molecule has 0 atom stereocenters. The van der Waals surface area contributed by atoms with Crippen LogP contribution in [0.3, 0.4) is 0 Å². The lowest BCUT2D eigenvalue weighted by Crippen LogP contribution is -2.25. The smallest absolute Gasteiger partial charge is 0.0465 e. The summed E-state index contributed by atoms with van der Waals surface area (Å²) in [6.45, 7) is 4.71. The molecule has 1 heteroatoms. The van der Waals surface area contributed by atoms with Crippen LogP contribution in [0, 0.1) is 0 Å². The highest BCUT2D eigenvalue weighted by molar-refractivity contribution is 5.87. The molecule has 0 fully saturated rings. The van der Waals surface area contributed by atoms with E-state index in [9.17, 15) is 0 Å². The Balaban J connectivity index is 1.05. The molecular formula is C48H37N. The van der Waals surface area contributed by atoms with Crippen molar-refractivity contribution in [3.63, 3.8) is 0 Å². The lowest BCUT2D eigenvalue weighted by molar-refractivity contribution is 0.564. The average molecular weight is 628 g/mol. The Bertz CT molecular complexity index is 2390. The van der Waals surface area contributed by atoms with Crippen molar-refractivity contribution in [2.24, 2.45) is 0 Å². The van der Waals surface area contributed by atoms with Gasteiger partial charge in [-0.25, -0.2) is 0 Å². The summed E-state index contributed by atoms with van der Waals surface area (Å²) >= 11 is 0. The van der Waals surface area contributed by atoms with E-state index in [0.29, 0.717) is 0 Å². The third-order valence-corrected chi connectivity index (χ3v) is 11.7. The van der Waals surface area contributed by atoms with Crippen molar-refractivity contribution in [1.82, 2.24) is 0 Å². The maximum atomic E-state index is 2.49. The molecule has 7 aromatic rings. The Hall–Kier alpha value is -5.66. The minimum Gasteiger partial charge on any atom is -0.310 e. The Kier molecular flexibility index (Phi) is 6.03. The van der Waals surface area contributed by atoms with E-state index in [4.69, 9.17) is 0 Å². The molecule has 49 heavy (non-hydrogen) atoms. The van der Waals surface area contributed by atoms with Crippen LogP contribution < -0.4 is 4.90 Å². The predicted octanol–water partition coefficient (Wildman–Crippen LogP) is 12.2. The quantitative estimate of drug-likeness (QED) is 0.188. The van der Waals surface area contributed by atoms with Crippen molar-refractivity contribution in [3.8, 4) is 33.4 Å². The first-order chi connectivity index (χ1) is 24.0. The molecule has 7 aromatic carbocycles. The lowest BCUT2D eigenvalue weighted by atomic mass is 9.75. The second kappa shape index (κ2) is 10.4. The summed E-state index contributed by atoms with van der Waals surface area (Å²) in [5.41, 5.74) is 20.1. The highest BCUT2D eigenvalue weighted by Gasteiger charge is 2.47. The van der Waals surface area contributed by atoms with Gasteiger partial charge in [-0.15, -0.1) is 0 Å². The highest BCUT2D eigenvalue weighted by Crippen LogP contribution is 2.56. The molecule has 3 aliphatic carbocycles. The second-order valence-electron chi connectivity index (χ2n) is 14.6. The summed E-state index contributed by atoms with van der Waals surface area (Å²) in [6, 6.07) is 61.2. The van der Waals surface area contributed by atoms with Crippen LogP contribution in [-0.2, 0) is 23.7 Å². The molecule has 0 bridgehead atoms. The van der Waals surface area contributed by atoms with Crippen LogP contribution >= 0.6 is 0 Å². The molecule has 0 radical (unpaired) electrons. The Morgan fingerprint density at radius 2 is 0.898 bits per heavy atom. The van der Waals surface area contributed by atoms with Crippen molar-refractivity contribution in [2.45, 2.75) is 37.5 Å². The van der Waals surface area contributed by atoms with Crippen molar-refractivity contribution in [3.05, 3.63) is 197 Å². The monoisotopic (exact) mass is 627 g/mol. The molecule has 0 aliphatic heterocycles. The van der Waals surface area contributed by atoms with Gasteiger partial charge in [0.05, 0.1) is 0 Å².